The number of hydrogen-bond donors (Lipinski definition) is 2. The van der Waals surface area contributed by atoms with Crippen molar-refractivity contribution in [3.63, 3.8) is 0 Å². The minimum absolute atomic E-state index is 0.165. The molecule has 176 valence electrons. The normalized spacial score (nSPS) is 17.3. The number of anilines is 1. The topological polar surface area (TPSA) is 94.2 Å². The zero-order valence-electron chi connectivity index (χ0n) is 18.2. The van der Waals surface area contributed by atoms with Crippen LogP contribution in [0.25, 0.3) is 22.3 Å². The second-order valence-corrected chi connectivity index (χ2v) is 8.55. The molecule has 5 rings (SSSR count). The van der Waals surface area contributed by atoms with E-state index in [0.29, 0.717) is 40.6 Å². The lowest BCUT2D eigenvalue weighted by atomic mass is 10.1. The van der Waals surface area contributed by atoms with Crippen molar-refractivity contribution in [2.45, 2.75) is 25.7 Å². The Morgan fingerprint density at radius 2 is 2.03 bits per heavy atom. The third-order valence-electron chi connectivity index (χ3n) is 5.20. The maximum Gasteiger partial charge on any atom is 0.326 e. The van der Waals surface area contributed by atoms with Gasteiger partial charge in [-0.1, -0.05) is 29.8 Å². The molecular weight excluding hydrogens is 468 g/mol. The fourth-order valence-corrected chi connectivity index (χ4v) is 3.90. The molecule has 1 atom stereocenters. The van der Waals surface area contributed by atoms with Gasteiger partial charge < -0.3 is 19.5 Å². The molecule has 1 aliphatic heterocycles. The highest BCUT2D eigenvalue weighted by Gasteiger charge is 2.32. The third kappa shape index (κ3) is 4.52. The summed E-state index contributed by atoms with van der Waals surface area (Å²) in [6.07, 6.45) is -0.227. The van der Waals surface area contributed by atoms with Gasteiger partial charge in [-0.05, 0) is 32.0 Å². The Hall–Kier alpha value is -3.34. The predicted molar refractivity (Wildman–Crippen MR) is 122 cm³/mol. The van der Waals surface area contributed by atoms with Gasteiger partial charge in [0.05, 0.1) is 17.7 Å². The van der Waals surface area contributed by atoms with Crippen LogP contribution < -0.4 is 10.1 Å². The first kappa shape index (κ1) is 22.5. The first-order valence-corrected chi connectivity index (χ1v) is 10.9. The highest BCUT2D eigenvalue weighted by Crippen LogP contribution is 2.36. The van der Waals surface area contributed by atoms with Gasteiger partial charge in [-0.15, -0.1) is 0 Å². The van der Waals surface area contributed by atoms with Crippen molar-refractivity contribution in [2.75, 3.05) is 18.5 Å². The van der Waals surface area contributed by atoms with Gasteiger partial charge in [-0.25, -0.2) is 8.78 Å². The molecule has 0 amide bonds. The summed E-state index contributed by atoms with van der Waals surface area (Å²) in [4.78, 5) is 8.74. The van der Waals surface area contributed by atoms with Gasteiger partial charge in [-0.2, -0.15) is 15.1 Å². The molecule has 1 unspecified atom stereocenters. The zero-order valence-corrected chi connectivity index (χ0v) is 19.0. The van der Waals surface area contributed by atoms with Crippen LogP contribution in [0, 0.1) is 11.6 Å². The van der Waals surface area contributed by atoms with Crippen LogP contribution in [0.4, 0.5) is 14.6 Å². The number of aromatic amines is 1. The smallest absolute Gasteiger partial charge is 0.326 e. The summed E-state index contributed by atoms with van der Waals surface area (Å²) < 4.78 is 44.4. The molecule has 2 aromatic heterocycles. The fraction of sp³-hybridized carbons (Fsp3) is 0.261. The number of nitrogens with zero attached hydrogens (tertiary/aromatic N) is 3. The van der Waals surface area contributed by atoms with E-state index in [4.69, 9.17) is 25.8 Å². The molecule has 34 heavy (non-hydrogen) atoms. The zero-order chi connectivity index (χ0) is 23.9. The number of hydrogen-bond acceptors (Lipinski definition) is 7. The number of nitrogens with one attached hydrogen (secondary N) is 2. The molecule has 0 spiro atoms. The number of aromatic nitrogens is 4. The lowest BCUT2D eigenvalue weighted by Crippen LogP contribution is -2.26. The van der Waals surface area contributed by atoms with Crippen LogP contribution in [0.2, 0.25) is 5.02 Å². The molecule has 1 aliphatic rings. The summed E-state index contributed by atoms with van der Waals surface area (Å²) in [5.41, 5.74) is 1.58. The first-order valence-electron chi connectivity index (χ1n) is 10.5. The van der Waals surface area contributed by atoms with Crippen molar-refractivity contribution in [1.29, 1.82) is 0 Å². The molecule has 0 aliphatic carbocycles. The number of halogens is 3. The van der Waals surface area contributed by atoms with Crippen LogP contribution in [0.1, 0.15) is 13.8 Å². The van der Waals surface area contributed by atoms with Crippen LogP contribution in [-0.2, 0) is 9.47 Å². The Morgan fingerprint density at radius 3 is 2.76 bits per heavy atom. The van der Waals surface area contributed by atoms with E-state index in [0.717, 1.165) is 18.2 Å². The van der Waals surface area contributed by atoms with Gasteiger partial charge in [0.2, 0.25) is 0 Å². The van der Waals surface area contributed by atoms with E-state index < -0.39 is 17.4 Å². The third-order valence-corrected chi connectivity index (χ3v) is 5.53. The van der Waals surface area contributed by atoms with Crippen molar-refractivity contribution in [2.24, 2.45) is 0 Å². The Labute approximate surface area is 198 Å². The van der Waals surface area contributed by atoms with Crippen LogP contribution >= 0.6 is 11.6 Å². The lowest BCUT2D eigenvalue weighted by Gasteiger charge is -2.17. The lowest BCUT2D eigenvalue weighted by molar-refractivity contribution is -0.136. The SMILES string of the molecule is CC1(C)OCC(CNc2nc(Oc3ccc(F)cc3F)nc3n[nH]c(-c4ccccc4Cl)c23)O1. The molecule has 4 aromatic rings. The number of rotatable bonds is 6. The monoisotopic (exact) mass is 487 g/mol. The molecule has 11 heteroatoms. The second-order valence-electron chi connectivity index (χ2n) is 8.14. The van der Waals surface area contributed by atoms with E-state index in [9.17, 15) is 8.78 Å². The molecule has 0 saturated carbocycles. The average molecular weight is 488 g/mol. The van der Waals surface area contributed by atoms with Gasteiger partial charge in [0.25, 0.3) is 0 Å². The Morgan fingerprint density at radius 1 is 1.21 bits per heavy atom. The predicted octanol–water partition coefficient (Wildman–Crippen LogP) is 5.31. The molecule has 8 nitrogen and oxygen atoms in total. The maximum atomic E-state index is 14.1. The van der Waals surface area contributed by atoms with E-state index in [-0.39, 0.29) is 23.5 Å². The molecular formula is C23H20ClF2N5O3. The van der Waals surface area contributed by atoms with E-state index in [2.05, 4.69) is 25.5 Å². The number of fused-ring (bicyclic) bond motifs is 1. The number of H-pyrrole nitrogens is 1. The average Bonchev–Trinajstić information content (AvgIpc) is 3.37. The fourth-order valence-electron chi connectivity index (χ4n) is 3.67. The van der Waals surface area contributed by atoms with E-state index in [1.165, 1.54) is 0 Å². The van der Waals surface area contributed by atoms with Crippen molar-refractivity contribution in [1.82, 2.24) is 20.2 Å². The number of ether oxygens (including phenoxy) is 3. The van der Waals surface area contributed by atoms with Gasteiger partial charge in [0, 0.05) is 23.2 Å². The highest BCUT2D eigenvalue weighted by molar-refractivity contribution is 6.33. The summed E-state index contributed by atoms with van der Waals surface area (Å²) in [5.74, 6) is -2.12. The van der Waals surface area contributed by atoms with E-state index in [1.54, 1.807) is 6.07 Å². The van der Waals surface area contributed by atoms with Crippen LogP contribution in [0.3, 0.4) is 0 Å². The Bertz CT molecular complexity index is 1360. The molecule has 0 bridgehead atoms. The quantitative estimate of drug-likeness (QED) is 0.380. The summed E-state index contributed by atoms with van der Waals surface area (Å²) in [7, 11) is 0. The van der Waals surface area contributed by atoms with E-state index in [1.807, 2.05) is 32.0 Å². The van der Waals surface area contributed by atoms with Gasteiger partial charge >= 0.3 is 6.01 Å². The van der Waals surface area contributed by atoms with Gasteiger partial charge in [0.1, 0.15) is 17.7 Å². The molecule has 2 aromatic carbocycles. The molecule has 3 heterocycles. The minimum atomic E-state index is -0.879. The molecule has 2 N–H and O–H groups in total. The van der Waals surface area contributed by atoms with Crippen molar-refractivity contribution in [3.8, 4) is 23.0 Å². The Kier molecular flexibility index (Phi) is 5.80. The van der Waals surface area contributed by atoms with Crippen molar-refractivity contribution in [3.05, 3.63) is 59.1 Å². The van der Waals surface area contributed by atoms with Crippen LogP contribution in [0.15, 0.2) is 42.5 Å². The van der Waals surface area contributed by atoms with Crippen molar-refractivity contribution < 1.29 is 23.0 Å². The van der Waals surface area contributed by atoms with E-state index >= 15 is 0 Å². The summed E-state index contributed by atoms with van der Waals surface area (Å²) >= 11 is 6.41. The largest absolute Gasteiger partial charge is 0.421 e. The highest BCUT2D eigenvalue weighted by atomic mass is 35.5. The summed E-state index contributed by atoms with van der Waals surface area (Å²) in [6.45, 7) is 4.45. The van der Waals surface area contributed by atoms with Crippen molar-refractivity contribution >= 4 is 28.5 Å². The van der Waals surface area contributed by atoms with Crippen LogP contribution in [0.5, 0.6) is 11.8 Å². The molecule has 1 fully saturated rings. The Balaban J connectivity index is 1.54. The minimum Gasteiger partial charge on any atom is -0.421 e. The second kappa shape index (κ2) is 8.79. The summed E-state index contributed by atoms with van der Waals surface area (Å²) in [5, 5.41) is 11.5. The molecule has 1 saturated heterocycles. The first-order chi connectivity index (χ1) is 16.3. The van der Waals surface area contributed by atoms with Gasteiger partial charge in [0.15, 0.2) is 23.0 Å². The van der Waals surface area contributed by atoms with Gasteiger partial charge in [-0.3, -0.25) is 5.10 Å². The maximum absolute atomic E-state index is 14.1. The number of benzene rings is 2. The van der Waals surface area contributed by atoms with Crippen LogP contribution in [-0.4, -0.2) is 45.2 Å². The summed E-state index contributed by atoms with van der Waals surface area (Å²) in [6, 6.07) is 10.1. The standard InChI is InChI=1S/C23H20ClF2N5O3/c1-23(2)32-11-13(34-23)10-27-20-18-19(14-5-3-4-6-15(14)24)30-31-21(18)29-22(28-20)33-17-8-7-12(25)9-16(17)26/h3-9,13H,10-11H2,1-2H3,(H2,27,28,29,30,31). The molecule has 0 radical (unpaired) electrons.